The number of hydrogen-bond donors (Lipinski definition) is 0. The minimum Gasteiger partial charge on any atom is -0.487 e. The Kier molecular flexibility index (Phi) is 7.08. The van der Waals surface area contributed by atoms with Crippen molar-refractivity contribution >= 4 is 34.6 Å². The van der Waals surface area contributed by atoms with Crippen molar-refractivity contribution in [2.24, 2.45) is 7.05 Å². The van der Waals surface area contributed by atoms with Crippen molar-refractivity contribution in [2.75, 3.05) is 0 Å². The van der Waals surface area contributed by atoms with Gasteiger partial charge in [-0.1, -0.05) is 24.3 Å². The van der Waals surface area contributed by atoms with E-state index in [1.54, 1.807) is 24.4 Å². The molecule has 6 heteroatoms. The lowest BCUT2D eigenvalue weighted by Gasteiger charge is -2.06. The van der Waals surface area contributed by atoms with Crippen LogP contribution in [0.1, 0.15) is 23.2 Å². The van der Waals surface area contributed by atoms with Crippen LogP contribution in [0, 0.1) is 5.82 Å². The van der Waals surface area contributed by atoms with Crippen molar-refractivity contribution in [3.8, 4) is 5.75 Å². The summed E-state index contributed by atoms with van der Waals surface area (Å²) in [4.78, 5) is 28.5. The Morgan fingerprint density at radius 2 is 1.82 bits per heavy atom. The van der Waals surface area contributed by atoms with Gasteiger partial charge in [0.1, 0.15) is 18.2 Å². The maximum Gasteiger partial charge on any atom is 0.163 e. The fourth-order valence-corrected chi connectivity index (χ4v) is 3.42. The molecule has 0 amide bonds. The van der Waals surface area contributed by atoms with Crippen LogP contribution >= 0.6 is 0 Å². The number of carbonyl (C=O) groups excluding carboxylic acids is 2. The maximum absolute atomic E-state index is 14.4. The molecule has 170 valence electrons. The van der Waals surface area contributed by atoms with Gasteiger partial charge in [-0.2, -0.15) is 0 Å². The van der Waals surface area contributed by atoms with E-state index in [1.165, 1.54) is 30.4 Å². The molecule has 0 saturated heterocycles. The number of allylic oxidation sites excluding steroid dienone is 2. The molecule has 0 aliphatic heterocycles. The zero-order valence-corrected chi connectivity index (χ0v) is 18.6. The highest BCUT2D eigenvalue weighted by Crippen LogP contribution is 2.19. The number of fused-ring (bicyclic) bond motifs is 1. The van der Waals surface area contributed by atoms with E-state index in [-0.39, 0.29) is 24.4 Å². The topological polar surface area (TPSA) is 61.2 Å². The largest absolute Gasteiger partial charge is 0.487 e. The second kappa shape index (κ2) is 10.5. The second-order valence-electron chi connectivity index (χ2n) is 7.81. The smallest absolute Gasteiger partial charge is 0.163 e. The molecule has 4 rings (SSSR count). The molecule has 0 atom stereocenters. The van der Waals surface area contributed by atoms with Gasteiger partial charge in [-0.25, -0.2) is 4.39 Å². The molecular formula is C28H23FN2O3. The average Bonchev–Trinajstić information content (AvgIpc) is 3.21. The lowest BCUT2D eigenvalue weighted by atomic mass is 10.1. The Labute approximate surface area is 196 Å². The number of hydrogen-bond acceptors (Lipinski definition) is 4. The van der Waals surface area contributed by atoms with Crippen LogP contribution in [0.15, 0.2) is 85.2 Å². The van der Waals surface area contributed by atoms with Crippen molar-refractivity contribution in [3.63, 3.8) is 0 Å². The van der Waals surface area contributed by atoms with Crippen LogP contribution < -0.4 is 4.74 Å². The van der Waals surface area contributed by atoms with Crippen LogP contribution in [-0.4, -0.2) is 21.1 Å². The van der Waals surface area contributed by atoms with Gasteiger partial charge < -0.3 is 9.30 Å². The van der Waals surface area contributed by atoms with Gasteiger partial charge in [0.25, 0.3) is 0 Å². The fourth-order valence-electron chi connectivity index (χ4n) is 3.42. The van der Waals surface area contributed by atoms with E-state index in [0.717, 1.165) is 22.2 Å². The molecule has 2 aromatic heterocycles. The first-order valence-electron chi connectivity index (χ1n) is 10.8. The first kappa shape index (κ1) is 22.9. The molecule has 0 aliphatic rings. The van der Waals surface area contributed by atoms with Crippen LogP contribution in [0.5, 0.6) is 5.75 Å². The fraction of sp³-hybridized carbons (Fsp3) is 0.107. The van der Waals surface area contributed by atoms with Crippen LogP contribution in [0.3, 0.4) is 0 Å². The number of pyridine rings is 1. The number of ketones is 2. The van der Waals surface area contributed by atoms with Gasteiger partial charge in [0.15, 0.2) is 11.6 Å². The van der Waals surface area contributed by atoms with Gasteiger partial charge in [-0.3, -0.25) is 14.6 Å². The summed E-state index contributed by atoms with van der Waals surface area (Å²) in [6.07, 6.45) is 9.01. The zero-order valence-electron chi connectivity index (χ0n) is 18.6. The highest BCUT2D eigenvalue weighted by atomic mass is 19.1. The third-order valence-corrected chi connectivity index (χ3v) is 5.26. The Hall–Kier alpha value is -4.32. The predicted octanol–water partition coefficient (Wildman–Crippen LogP) is 5.55. The summed E-state index contributed by atoms with van der Waals surface area (Å²) < 4.78 is 21.9. The molecule has 0 spiro atoms. The molecule has 0 fully saturated rings. The Balaban J connectivity index is 1.31. The summed E-state index contributed by atoms with van der Waals surface area (Å²) in [5.41, 5.74) is 2.90. The minimum absolute atomic E-state index is 0.225. The van der Waals surface area contributed by atoms with Crippen molar-refractivity contribution in [3.05, 3.63) is 108 Å². The van der Waals surface area contributed by atoms with E-state index in [1.807, 2.05) is 54.2 Å². The highest BCUT2D eigenvalue weighted by molar-refractivity contribution is 6.11. The zero-order chi connectivity index (χ0) is 23.9. The summed E-state index contributed by atoms with van der Waals surface area (Å²) in [5.74, 6) is -0.881. The number of halogens is 1. The monoisotopic (exact) mass is 454 g/mol. The molecule has 2 heterocycles. The highest BCUT2D eigenvalue weighted by Gasteiger charge is 2.07. The van der Waals surface area contributed by atoms with Crippen LogP contribution in [0.4, 0.5) is 4.39 Å². The predicted molar refractivity (Wildman–Crippen MR) is 131 cm³/mol. The third kappa shape index (κ3) is 5.92. The normalized spacial score (nSPS) is 11.5. The SMILES string of the molecule is Cn1ccc2ccc(C=CC(=O)CC(=O)C=Cc3ccc(OCc4ccccn4)cc3F)cc21. The number of aromatic nitrogens is 2. The Morgan fingerprint density at radius 1 is 1.00 bits per heavy atom. The molecule has 0 aliphatic carbocycles. The molecular weight excluding hydrogens is 431 g/mol. The lowest BCUT2D eigenvalue weighted by molar-refractivity contribution is -0.121. The summed E-state index contributed by atoms with van der Waals surface area (Å²) in [7, 11) is 1.96. The molecule has 0 bridgehead atoms. The number of aryl methyl sites for hydroxylation is 1. The van der Waals surface area contributed by atoms with Gasteiger partial charge in [0.05, 0.1) is 12.1 Å². The van der Waals surface area contributed by atoms with Gasteiger partial charge in [0.2, 0.25) is 0 Å². The standard InChI is InChI=1S/C28H23FN2O3/c1-31-15-13-22-7-5-20(16-28(22)31)6-10-24(32)17-25(33)11-8-21-9-12-26(18-27(21)29)34-19-23-4-2-3-14-30-23/h2-16,18H,17,19H2,1H3. The molecule has 2 aromatic carbocycles. The van der Waals surface area contributed by atoms with Crippen LogP contribution in [0.25, 0.3) is 23.1 Å². The van der Waals surface area contributed by atoms with Gasteiger partial charge >= 0.3 is 0 Å². The number of nitrogens with zero attached hydrogens (tertiary/aromatic N) is 2. The summed E-state index contributed by atoms with van der Waals surface area (Å²) in [6, 6.07) is 17.8. The molecule has 0 N–H and O–H groups in total. The molecule has 34 heavy (non-hydrogen) atoms. The summed E-state index contributed by atoms with van der Waals surface area (Å²) in [6.45, 7) is 0.225. The van der Waals surface area contributed by atoms with Crippen molar-refractivity contribution in [2.45, 2.75) is 13.0 Å². The number of carbonyl (C=O) groups is 2. The van der Waals surface area contributed by atoms with Gasteiger partial charge in [-0.05, 0) is 65.6 Å². The minimum atomic E-state index is -0.523. The van der Waals surface area contributed by atoms with E-state index in [2.05, 4.69) is 4.98 Å². The van der Waals surface area contributed by atoms with E-state index < -0.39 is 11.6 Å². The third-order valence-electron chi connectivity index (χ3n) is 5.26. The van der Waals surface area contributed by atoms with Crippen molar-refractivity contribution in [1.82, 2.24) is 9.55 Å². The maximum atomic E-state index is 14.4. The Morgan fingerprint density at radius 3 is 2.59 bits per heavy atom. The van der Waals surface area contributed by atoms with Crippen LogP contribution in [-0.2, 0) is 23.2 Å². The van der Waals surface area contributed by atoms with E-state index >= 15 is 0 Å². The number of rotatable bonds is 9. The summed E-state index contributed by atoms with van der Waals surface area (Å²) in [5, 5.41) is 1.12. The number of benzene rings is 2. The van der Waals surface area contributed by atoms with Crippen molar-refractivity contribution in [1.29, 1.82) is 0 Å². The van der Waals surface area contributed by atoms with E-state index in [0.29, 0.717) is 5.75 Å². The van der Waals surface area contributed by atoms with Gasteiger partial charge in [0, 0.05) is 36.6 Å². The Bertz CT molecular complexity index is 1390. The first-order chi connectivity index (χ1) is 16.5. The van der Waals surface area contributed by atoms with E-state index in [9.17, 15) is 14.0 Å². The molecule has 0 saturated carbocycles. The van der Waals surface area contributed by atoms with E-state index in [4.69, 9.17) is 4.74 Å². The molecule has 5 nitrogen and oxygen atoms in total. The lowest BCUT2D eigenvalue weighted by Crippen LogP contribution is -2.02. The quantitative estimate of drug-likeness (QED) is 0.246. The van der Waals surface area contributed by atoms with Gasteiger partial charge in [-0.15, -0.1) is 0 Å². The average molecular weight is 455 g/mol. The molecule has 0 unspecified atom stereocenters. The van der Waals surface area contributed by atoms with Crippen LogP contribution in [0.2, 0.25) is 0 Å². The number of ether oxygens (including phenoxy) is 1. The first-order valence-corrected chi connectivity index (χ1v) is 10.8. The molecule has 0 radical (unpaired) electrons. The second-order valence-corrected chi connectivity index (χ2v) is 7.81. The van der Waals surface area contributed by atoms with Crippen molar-refractivity contribution < 1.29 is 18.7 Å². The summed E-state index contributed by atoms with van der Waals surface area (Å²) >= 11 is 0. The molecule has 4 aromatic rings.